The topological polar surface area (TPSA) is 46.3 Å². The molecule has 0 saturated carbocycles. The molecule has 94 valence electrons. The Labute approximate surface area is 99.4 Å². The Morgan fingerprint density at radius 1 is 1.38 bits per heavy atom. The van der Waals surface area contributed by atoms with Crippen molar-refractivity contribution in [1.29, 1.82) is 0 Å². The van der Waals surface area contributed by atoms with Gasteiger partial charge >= 0.3 is 0 Å². The fourth-order valence-corrected chi connectivity index (χ4v) is 2.29. The van der Waals surface area contributed by atoms with Crippen molar-refractivity contribution in [2.24, 2.45) is 17.1 Å². The molecule has 1 heterocycles. The van der Waals surface area contributed by atoms with Gasteiger partial charge in [-0.05, 0) is 39.0 Å². The standard InChI is InChI=1S/C13H26N2O/c1-4-11-6-5-8-15(9-7-11)12(16)13(2,3)10-14/h11H,4-10,14H2,1-3H3. The minimum Gasteiger partial charge on any atom is -0.342 e. The SMILES string of the molecule is CCC1CCCN(C(=O)C(C)(C)CN)CC1. The molecule has 0 aromatic heterocycles. The molecule has 0 spiro atoms. The molecule has 0 aromatic carbocycles. The van der Waals surface area contributed by atoms with E-state index in [0.29, 0.717) is 6.54 Å². The lowest BCUT2D eigenvalue weighted by molar-refractivity contribution is -0.139. The van der Waals surface area contributed by atoms with Gasteiger partial charge < -0.3 is 10.6 Å². The number of likely N-dealkylation sites (tertiary alicyclic amines) is 1. The summed E-state index contributed by atoms with van der Waals surface area (Å²) in [6.45, 7) is 8.39. The Kier molecular flexibility index (Phi) is 4.78. The second-order valence-corrected chi connectivity index (χ2v) is 5.59. The molecule has 1 unspecified atom stereocenters. The smallest absolute Gasteiger partial charge is 0.229 e. The van der Waals surface area contributed by atoms with Crippen LogP contribution >= 0.6 is 0 Å². The number of rotatable bonds is 3. The van der Waals surface area contributed by atoms with E-state index in [0.717, 1.165) is 31.8 Å². The molecule has 1 amide bonds. The number of hydrogen-bond donors (Lipinski definition) is 1. The molecule has 0 radical (unpaired) electrons. The van der Waals surface area contributed by atoms with Gasteiger partial charge in [-0.2, -0.15) is 0 Å². The third-order valence-corrected chi connectivity index (χ3v) is 3.80. The average molecular weight is 226 g/mol. The van der Waals surface area contributed by atoms with Crippen molar-refractivity contribution in [3.05, 3.63) is 0 Å². The summed E-state index contributed by atoms with van der Waals surface area (Å²) >= 11 is 0. The fourth-order valence-electron chi connectivity index (χ4n) is 2.29. The van der Waals surface area contributed by atoms with Crippen molar-refractivity contribution in [2.75, 3.05) is 19.6 Å². The second kappa shape index (κ2) is 5.67. The van der Waals surface area contributed by atoms with Crippen LogP contribution in [-0.2, 0) is 4.79 Å². The van der Waals surface area contributed by atoms with Gasteiger partial charge in [-0.15, -0.1) is 0 Å². The van der Waals surface area contributed by atoms with Crippen LogP contribution in [0.15, 0.2) is 0 Å². The summed E-state index contributed by atoms with van der Waals surface area (Å²) in [5, 5.41) is 0. The van der Waals surface area contributed by atoms with Crippen molar-refractivity contribution in [3.63, 3.8) is 0 Å². The Bertz CT molecular complexity index is 238. The Morgan fingerprint density at radius 2 is 2.06 bits per heavy atom. The molecule has 0 bridgehead atoms. The molecule has 1 saturated heterocycles. The number of amides is 1. The first-order valence-corrected chi connectivity index (χ1v) is 6.50. The zero-order valence-corrected chi connectivity index (χ0v) is 11.0. The van der Waals surface area contributed by atoms with E-state index in [4.69, 9.17) is 5.73 Å². The molecule has 0 aromatic rings. The van der Waals surface area contributed by atoms with Crippen LogP contribution in [0, 0.1) is 11.3 Å². The maximum atomic E-state index is 12.2. The molecule has 1 aliphatic heterocycles. The quantitative estimate of drug-likeness (QED) is 0.800. The van der Waals surface area contributed by atoms with Crippen LogP contribution in [0.2, 0.25) is 0 Å². The summed E-state index contributed by atoms with van der Waals surface area (Å²) in [5.41, 5.74) is 5.26. The van der Waals surface area contributed by atoms with E-state index in [1.807, 2.05) is 18.7 Å². The number of carbonyl (C=O) groups is 1. The first-order chi connectivity index (χ1) is 7.51. The van der Waals surface area contributed by atoms with Crippen LogP contribution in [-0.4, -0.2) is 30.4 Å². The number of hydrogen-bond acceptors (Lipinski definition) is 2. The molecule has 3 heteroatoms. The van der Waals surface area contributed by atoms with E-state index < -0.39 is 5.41 Å². The minimum absolute atomic E-state index is 0.228. The number of carbonyl (C=O) groups excluding carboxylic acids is 1. The van der Waals surface area contributed by atoms with E-state index in [9.17, 15) is 4.79 Å². The van der Waals surface area contributed by atoms with E-state index in [1.165, 1.54) is 12.8 Å². The van der Waals surface area contributed by atoms with Gasteiger partial charge in [0.05, 0.1) is 5.41 Å². The summed E-state index contributed by atoms with van der Waals surface area (Å²) in [5.74, 6) is 1.03. The second-order valence-electron chi connectivity index (χ2n) is 5.59. The van der Waals surface area contributed by atoms with Gasteiger partial charge in [-0.1, -0.05) is 13.3 Å². The fraction of sp³-hybridized carbons (Fsp3) is 0.923. The van der Waals surface area contributed by atoms with Crippen LogP contribution < -0.4 is 5.73 Å². The summed E-state index contributed by atoms with van der Waals surface area (Å²) < 4.78 is 0. The van der Waals surface area contributed by atoms with E-state index in [1.54, 1.807) is 0 Å². The van der Waals surface area contributed by atoms with Crippen LogP contribution in [0.25, 0.3) is 0 Å². The van der Waals surface area contributed by atoms with Gasteiger partial charge in [0.25, 0.3) is 0 Å². The van der Waals surface area contributed by atoms with E-state index >= 15 is 0 Å². The third kappa shape index (κ3) is 3.21. The Hall–Kier alpha value is -0.570. The molecule has 16 heavy (non-hydrogen) atoms. The predicted molar refractivity (Wildman–Crippen MR) is 67.0 cm³/mol. The van der Waals surface area contributed by atoms with E-state index in [-0.39, 0.29) is 5.91 Å². The van der Waals surface area contributed by atoms with Gasteiger partial charge in [0.1, 0.15) is 0 Å². The average Bonchev–Trinajstić information content (AvgIpc) is 2.52. The van der Waals surface area contributed by atoms with Crippen molar-refractivity contribution < 1.29 is 4.79 Å². The van der Waals surface area contributed by atoms with Crippen LogP contribution in [0.5, 0.6) is 0 Å². The summed E-state index contributed by atoms with van der Waals surface area (Å²) in [7, 11) is 0. The highest BCUT2D eigenvalue weighted by Crippen LogP contribution is 2.24. The molecule has 1 fully saturated rings. The number of nitrogens with zero attached hydrogens (tertiary/aromatic N) is 1. The molecule has 3 nitrogen and oxygen atoms in total. The highest BCUT2D eigenvalue weighted by Gasteiger charge is 2.31. The van der Waals surface area contributed by atoms with Crippen LogP contribution in [0.3, 0.4) is 0 Å². The zero-order valence-electron chi connectivity index (χ0n) is 11.0. The van der Waals surface area contributed by atoms with Gasteiger partial charge in [0.15, 0.2) is 0 Å². The monoisotopic (exact) mass is 226 g/mol. The highest BCUT2D eigenvalue weighted by molar-refractivity contribution is 5.82. The molecule has 1 aliphatic rings. The summed E-state index contributed by atoms with van der Waals surface area (Å²) in [6.07, 6.45) is 4.80. The molecule has 1 rings (SSSR count). The molecular weight excluding hydrogens is 200 g/mol. The maximum absolute atomic E-state index is 12.2. The normalized spacial score (nSPS) is 23.0. The first-order valence-electron chi connectivity index (χ1n) is 6.50. The third-order valence-electron chi connectivity index (χ3n) is 3.80. The molecule has 1 atom stereocenters. The lowest BCUT2D eigenvalue weighted by Gasteiger charge is -2.30. The Morgan fingerprint density at radius 3 is 2.62 bits per heavy atom. The Balaban J connectivity index is 2.58. The molecule has 0 aliphatic carbocycles. The zero-order chi connectivity index (χ0) is 12.2. The lowest BCUT2D eigenvalue weighted by Crippen LogP contribution is -2.45. The molecular formula is C13H26N2O. The van der Waals surface area contributed by atoms with Crippen molar-refractivity contribution in [2.45, 2.75) is 46.5 Å². The van der Waals surface area contributed by atoms with Crippen molar-refractivity contribution >= 4 is 5.91 Å². The lowest BCUT2D eigenvalue weighted by atomic mass is 9.91. The summed E-state index contributed by atoms with van der Waals surface area (Å²) in [6, 6.07) is 0. The first kappa shape index (κ1) is 13.5. The van der Waals surface area contributed by atoms with Gasteiger partial charge in [-0.3, -0.25) is 4.79 Å². The minimum atomic E-state index is -0.397. The highest BCUT2D eigenvalue weighted by atomic mass is 16.2. The van der Waals surface area contributed by atoms with Crippen molar-refractivity contribution in [3.8, 4) is 0 Å². The van der Waals surface area contributed by atoms with Gasteiger partial charge in [0, 0.05) is 19.6 Å². The van der Waals surface area contributed by atoms with Crippen molar-refractivity contribution in [1.82, 2.24) is 4.90 Å². The largest absolute Gasteiger partial charge is 0.342 e. The predicted octanol–water partition coefficient (Wildman–Crippen LogP) is 2.01. The summed E-state index contributed by atoms with van der Waals surface area (Å²) in [4.78, 5) is 14.3. The molecule has 2 N–H and O–H groups in total. The van der Waals surface area contributed by atoms with Gasteiger partial charge in [-0.25, -0.2) is 0 Å². The van der Waals surface area contributed by atoms with Gasteiger partial charge in [0.2, 0.25) is 5.91 Å². The maximum Gasteiger partial charge on any atom is 0.229 e. The van der Waals surface area contributed by atoms with E-state index in [2.05, 4.69) is 6.92 Å². The number of nitrogens with two attached hydrogens (primary N) is 1. The van der Waals surface area contributed by atoms with Crippen LogP contribution in [0.1, 0.15) is 46.5 Å². The van der Waals surface area contributed by atoms with Crippen LogP contribution in [0.4, 0.5) is 0 Å².